The Kier molecular flexibility index (Phi) is 4.94. The molecule has 0 N–H and O–H groups in total. The number of halogens is 1. The minimum Gasteiger partial charge on any atom is -0.497 e. The van der Waals surface area contributed by atoms with Crippen LogP contribution in [0.5, 0.6) is 5.75 Å². The van der Waals surface area contributed by atoms with Crippen LogP contribution in [-0.2, 0) is 4.74 Å². The molecule has 0 amide bonds. The molecule has 108 valence electrons. The molecule has 3 nitrogen and oxygen atoms in total. The second-order valence-corrected chi connectivity index (χ2v) is 5.01. The second-order valence-electron chi connectivity index (χ2n) is 4.23. The number of rotatable bonds is 4. The van der Waals surface area contributed by atoms with Crippen molar-refractivity contribution in [1.29, 1.82) is 0 Å². The first-order chi connectivity index (χ1) is 10.1. The summed E-state index contributed by atoms with van der Waals surface area (Å²) in [6.07, 6.45) is 0.746. The third-order valence-corrected chi connectivity index (χ3v) is 3.74. The summed E-state index contributed by atoms with van der Waals surface area (Å²) < 4.78 is 10.3. The van der Waals surface area contributed by atoms with E-state index in [4.69, 9.17) is 33.3 Å². The number of aldehydes is 1. The Morgan fingerprint density at radius 3 is 2.57 bits per heavy atom. The maximum atomic E-state index is 11.4. The van der Waals surface area contributed by atoms with Crippen molar-refractivity contribution in [1.82, 2.24) is 0 Å². The normalized spacial score (nSPS) is 10.0. The number of benzene rings is 2. The van der Waals surface area contributed by atoms with Crippen molar-refractivity contribution >= 4 is 35.2 Å². The van der Waals surface area contributed by atoms with Gasteiger partial charge in [-0.25, -0.2) is 0 Å². The molecule has 0 spiro atoms. The summed E-state index contributed by atoms with van der Waals surface area (Å²) in [6, 6.07) is 10.7. The Labute approximate surface area is 133 Å². The molecule has 0 aliphatic carbocycles. The van der Waals surface area contributed by atoms with E-state index in [2.05, 4.69) is 0 Å². The number of carbonyl (C=O) groups excluding carboxylic acids is 1. The predicted molar refractivity (Wildman–Crippen MR) is 87.5 cm³/mol. The highest BCUT2D eigenvalue weighted by molar-refractivity contribution is 7.80. The Morgan fingerprint density at radius 2 is 1.95 bits per heavy atom. The standard InChI is InChI=1S/C16H13ClO3S/c1-19-11-7-10(9-18)15(14(17)8-11)12-5-3-4-6-13(12)16(21)20-2/h3-9H,1-2H3. The monoisotopic (exact) mass is 320 g/mol. The maximum Gasteiger partial charge on any atom is 0.191 e. The third kappa shape index (κ3) is 3.06. The lowest BCUT2D eigenvalue weighted by Gasteiger charge is -2.14. The fourth-order valence-corrected chi connectivity index (χ4v) is 2.58. The van der Waals surface area contributed by atoms with Gasteiger partial charge in [0.15, 0.2) is 11.3 Å². The van der Waals surface area contributed by atoms with Crippen LogP contribution in [0.25, 0.3) is 11.1 Å². The fraction of sp³-hybridized carbons (Fsp3) is 0.125. The van der Waals surface area contributed by atoms with Crippen molar-refractivity contribution < 1.29 is 14.3 Å². The first kappa shape index (κ1) is 15.5. The summed E-state index contributed by atoms with van der Waals surface area (Å²) in [6.45, 7) is 0. The summed E-state index contributed by atoms with van der Waals surface area (Å²) in [5.41, 5.74) is 2.51. The van der Waals surface area contributed by atoms with Gasteiger partial charge in [0, 0.05) is 16.7 Å². The molecule has 0 unspecified atom stereocenters. The maximum absolute atomic E-state index is 11.4. The smallest absolute Gasteiger partial charge is 0.191 e. The van der Waals surface area contributed by atoms with Gasteiger partial charge < -0.3 is 9.47 Å². The summed E-state index contributed by atoms with van der Waals surface area (Å²) >= 11 is 11.5. The summed E-state index contributed by atoms with van der Waals surface area (Å²) in [4.78, 5) is 11.4. The highest BCUT2D eigenvalue weighted by atomic mass is 35.5. The predicted octanol–water partition coefficient (Wildman–Crippen LogP) is 4.15. The molecule has 0 aliphatic heterocycles. The number of methoxy groups -OCH3 is 2. The van der Waals surface area contributed by atoms with E-state index in [1.807, 2.05) is 24.3 Å². The molecule has 0 fully saturated rings. The van der Waals surface area contributed by atoms with Crippen molar-refractivity contribution in [2.75, 3.05) is 14.2 Å². The van der Waals surface area contributed by atoms with Gasteiger partial charge in [-0.1, -0.05) is 29.8 Å². The Morgan fingerprint density at radius 1 is 1.24 bits per heavy atom. The zero-order valence-electron chi connectivity index (χ0n) is 11.6. The van der Waals surface area contributed by atoms with Crippen LogP contribution in [0.3, 0.4) is 0 Å². The molecule has 5 heteroatoms. The van der Waals surface area contributed by atoms with Gasteiger partial charge in [0.2, 0.25) is 0 Å². The average Bonchev–Trinajstić information content (AvgIpc) is 2.53. The van der Waals surface area contributed by atoms with E-state index < -0.39 is 0 Å². The van der Waals surface area contributed by atoms with Crippen LogP contribution >= 0.6 is 23.8 Å². The first-order valence-corrected chi connectivity index (χ1v) is 6.91. The Balaban J connectivity index is 2.73. The molecule has 2 aromatic carbocycles. The molecular formula is C16H13ClO3S. The molecule has 0 saturated carbocycles. The van der Waals surface area contributed by atoms with Crippen LogP contribution < -0.4 is 4.74 Å². The van der Waals surface area contributed by atoms with E-state index in [1.165, 1.54) is 14.2 Å². The van der Waals surface area contributed by atoms with E-state index in [-0.39, 0.29) is 0 Å². The lowest BCUT2D eigenvalue weighted by atomic mass is 9.95. The third-order valence-electron chi connectivity index (χ3n) is 3.06. The van der Waals surface area contributed by atoms with E-state index in [0.29, 0.717) is 32.5 Å². The molecular weight excluding hydrogens is 308 g/mol. The molecule has 0 saturated heterocycles. The van der Waals surface area contributed by atoms with Crippen molar-refractivity contribution in [3.8, 4) is 16.9 Å². The lowest BCUT2D eigenvalue weighted by Crippen LogP contribution is -2.03. The van der Waals surface area contributed by atoms with Crippen LogP contribution in [0.15, 0.2) is 36.4 Å². The summed E-state index contributed by atoms with van der Waals surface area (Å²) in [5, 5.41) is 0.761. The van der Waals surface area contributed by atoms with E-state index in [1.54, 1.807) is 12.1 Å². The van der Waals surface area contributed by atoms with Gasteiger partial charge in [-0.05, 0) is 36.0 Å². The number of hydrogen-bond donors (Lipinski definition) is 0. The van der Waals surface area contributed by atoms with E-state index in [0.717, 1.165) is 11.8 Å². The highest BCUT2D eigenvalue weighted by Gasteiger charge is 2.17. The van der Waals surface area contributed by atoms with Crippen LogP contribution in [-0.4, -0.2) is 25.6 Å². The molecule has 0 aliphatic rings. The van der Waals surface area contributed by atoms with E-state index >= 15 is 0 Å². The fourth-order valence-electron chi connectivity index (χ4n) is 2.09. The largest absolute Gasteiger partial charge is 0.497 e. The number of thiocarbonyl (C=S) groups is 1. The summed E-state index contributed by atoms with van der Waals surface area (Å²) in [7, 11) is 3.03. The highest BCUT2D eigenvalue weighted by Crippen LogP contribution is 2.36. The first-order valence-electron chi connectivity index (χ1n) is 6.12. The van der Waals surface area contributed by atoms with Crippen molar-refractivity contribution in [2.45, 2.75) is 0 Å². The molecule has 0 bridgehead atoms. The Hall–Kier alpha value is -1.91. The molecule has 2 aromatic rings. The zero-order chi connectivity index (χ0) is 15.4. The van der Waals surface area contributed by atoms with Gasteiger partial charge >= 0.3 is 0 Å². The zero-order valence-corrected chi connectivity index (χ0v) is 13.1. The van der Waals surface area contributed by atoms with Crippen molar-refractivity contribution in [2.24, 2.45) is 0 Å². The van der Waals surface area contributed by atoms with E-state index in [9.17, 15) is 4.79 Å². The molecule has 2 rings (SSSR count). The van der Waals surface area contributed by atoms with Gasteiger partial charge in [0.1, 0.15) is 5.75 Å². The molecule has 21 heavy (non-hydrogen) atoms. The van der Waals surface area contributed by atoms with Crippen LogP contribution in [0.2, 0.25) is 5.02 Å². The Bertz CT molecular complexity index is 698. The SMILES string of the molecule is COC(=S)c1ccccc1-c1c(Cl)cc(OC)cc1C=O. The van der Waals surface area contributed by atoms with Crippen LogP contribution in [0, 0.1) is 0 Å². The molecule has 0 atom stereocenters. The molecule has 0 heterocycles. The van der Waals surface area contributed by atoms with Crippen molar-refractivity contribution in [3.63, 3.8) is 0 Å². The van der Waals surface area contributed by atoms with Gasteiger partial charge in [0.25, 0.3) is 0 Å². The quantitative estimate of drug-likeness (QED) is 0.626. The topological polar surface area (TPSA) is 35.5 Å². The second kappa shape index (κ2) is 6.70. The molecule has 0 radical (unpaired) electrons. The number of ether oxygens (including phenoxy) is 2. The number of carbonyl (C=O) groups is 1. The van der Waals surface area contributed by atoms with Gasteiger partial charge in [-0.2, -0.15) is 0 Å². The van der Waals surface area contributed by atoms with Gasteiger partial charge in [-0.3, -0.25) is 4.79 Å². The number of hydrogen-bond acceptors (Lipinski definition) is 4. The van der Waals surface area contributed by atoms with Crippen LogP contribution in [0.1, 0.15) is 15.9 Å². The molecule has 0 aromatic heterocycles. The minimum atomic E-state index is 0.342. The van der Waals surface area contributed by atoms with Crippen molar-refractivity contribution in [3.05, 3.63) is 52.5 Å². The van der Waals surface area contributed by atoms with Crippen LogP contribution in [0.4, 0.5) is 0 Å². The minimum absolute atomic E-state index is 0.342. The lowest BCUT2D eigenvalue weighted by molar-refractivity contribution is 0.112. The summed E-state index contributed by atoms with van der Waals surface area (Å²) in [5.74, 6) is 0.526. The van der Waals surface area contributed by atoms with Gasteiger partial charge in [-0.15, -0.1) is 0 Å². The van der Waals surface area contributed by atoms with Gasteiger partial charge in [0.05, 0.1) is 19.2 Å². The average molecular weight is 321 g/mol.